The summed E-state index contributed by atoms with van der Waals surface area (Å²) in [5.41, 5.74) is 0.425. The summed E-state index contributed by atoms with van der Waals surface area (Å²) in [4.78, 5) is 13.6. The van der Waals surface area contributed by atoms with Gasteiger partial charge in [0.2, 0.25) is 0 Å². The van der Waals surface area contributed by atoms with Gasteiger partial charge in [0.25, 0.3) is 0 Å². The van der Waals surface area contributed by atoms with E-state index in [0.29, 0.717) is 0 Å². The van der Waals surface area contributed by atoms with Crippen LogP contribution < -0.4 is 118 Å². The summed E-state index contributed by atoms with van der Waals surface area (Å²) in [6, 6.07) is 27.3. The Kier molecular flexibility index (Phi) is 17.7. The molecule has 0 atom stereocenters. The molecule has 8 bridgehead atoms. The van der Waals surface area contributed by atoms with Gasteiger partial charge in [-0.3, -0.25) is 0 Å². The standard InChI is InChI=1S/C44H30N4O12S4.4Na/c49-61(50,51)37-13-5-1-9-25(37)41-29-17-19-31(45-29)42(26-10-2-6-14-38(26)62(52,53)54)33-21-23-35(47-33)44(28-12-4-8-16-40(28)64(58,59)60)36-24-22-34(48-36)43(32-20-18-30(41)46-32)27-11-3-7-15-39(27)63(55,56)57;;;;/h1-24,45-46H,(H,49,50,51)(H,52,53,54)(H,55,56,57)(H,58,59,60);;;;/q;4*+1/p-4. The van der Waals surface area contributed by atoms with Crippen LogP contribution in [0.3, 0.4) is 0 Å². The van der Waals surface area contributed by atoms with E-state index in [2.05, 4.69) is 9.97 Å². The van der Waals surface area contributed by atoms with Gasteiger partial charge in [0.15, 0.2) is 0 Å². The summed E-state index contributed by atoms with van der Waals surface area (Å²) in [5, 5.41) is 0. The van der Waals surface area contributed by atoms with Gasteiger partial charge in [0.1, 0.15) is 40.5 Å². The Morgan fingerprint density at radius 1 is 0.309 bits per heavy atom. The van der Waals surface area contributed by atoms with Crippen LogP contribution in [0.2, 0.25) is 0 Å². The molecule has 24 heteroatoms. The fraction of sp³-hybridized carbons (Fsp3) is 0. The number of aromatic amines is 2. The number of hydrogen-bond acceptors (Lipinski definition) is 14. The van der Waals surface area contributed by atoms with Crippen LogP contribution in [0.5, 0.6) is 0 Å². The SMILES string of the molecule is O=S(=O)([O-])c1ccccc1-c1c2nc(c(-c3ccccc3S(=O)(=O)[O-])c3ccc([nH]3)c(-c3ccccc3S(=O)(=O)[O-])c3ccc([nH]3)c(-c3ccccc3S(=O)(=O)[O-])c3nc1C=C3)C=C2.[Na+].[Na+].[Na+].[Na+]. The van der Waals surface area contributed by atoms with Crippen LogP contribution >= 0.6 is 0 Å². The number of benzene rings is 4. The Labute approximate surface area is 478 Å². The molecule has 0 radical (unpaired) electrons. The van der Waals surface area contributed by atoms with Crippen molar-refractivity contribution < 1.29 is 170 Å². The van der Waals surface area contributed by atoms with Crippen molar-refractivity contribution >= 4 is 86.8 Å². The molecule has 7 aromatic rings. The van der Waals surface area contributed by atoms with E-state index in [-0.39, 0.29) is 208 Å². The Bertz CT molecular complexity index is 3710. The third-order valence-corrected chi connectivity index (χ3v) is 14.0. The molecule has 2 aliphatic rings. The molecule has 322 valence electrons. The van der Waals surface area contributed by atoms with E-state index < -0.39 is 60.1 Å². The average Bonchev–Trinajstić information content (AvgIpc) is 4.08. The van der Waals surface area contributed by atoms with Gasteiger partial charge in [-0.2, -0.15) is 0 Å². The molecule has 0 spiro atoms. The van der Waals surface area contributed by atoms with E-state index in [0.717, 1.165) is 24.3 Å². The molecule has 0 amide bonds. The number of rotatable bonds is 8. The predicted molar refractivity (Wildman–Crippen MR) is 232 cm³/mol. The van der Waals surface area contributed by atoms with Crippen molar-refractivity contribution in [1.82, 2.24) is 19.9 Å². The van der Waals surface area contributed by atoms with Gasteiger partial charge in [0.05, 0.1) is 42.4 Å². The maximum Gasteiger partial charge on any atom is 1.00 e. The van der Waals surface area contributed by atoms with Crippen LogP contribution in [0.25, 0.3) is 90.9 Å². The summed E-state index contributed by atoms with van der Waals surface area (Å²) in [6.07, 6.45) is 5.83. The van der Waals surface area contributed by atoms with E-state index in [4.69, 9.17) is 9.97 Å². The van der Waals surface area contributed by atoms with Crippen molar-refractivity contribution in [3.05, 3.63) is 144 Å². The molecule has 5 heterocycles. The third kappa shape index (κ3) is 11.0. The molecule has 0 saturated heterocycles. The molecule has 3 aromatic heterocycles. The van der Waals surface area contributed by atoms with E-state index in [1.807, 2.05) is 0 Å². The van der Waals surface area contributed by atoms with Gasteiger partial charge in [-0.05, 0) is 72.8 Å². The van der Waals surface area contributed by atoms with Crippen LogP contribution in [0.1, 0.15) is 22.8 Å². The topological polar surface area (TPSA) is 286 Å². The predicted octanol–water partition coefficient (Wildman–Crippen LogP) is -5.04. The first-order valence-corrected chi connectivity index (χ1v) is 24.3. The van der Waals surface area contributed by atoms with Gasteiger partial charge in [-0.25, -0.2) is 43.6 Å². The average molecular weight is 1020 g/mol. The fourth-order valence-corrected chi connectivity index (χ4v) is 10.6. The Balaban J connectivity index is 0.00000216. The molecule has 0 fully saturated rings. The molecule has 16 nitrogen and oxygen atoms in total. The molecule has 2 N–H and O–H groups in total. The first-order chi connectivity index (χ1) is 30.3. The van der Waals surface area contributed by atoms with Crippen LogP contribution in [-0.2, 0) is 40.5 Å². The molecule has 0 saturated carbocycles. The van der Waals surface area contributed by atoms with Crippen molar-refractivity contribution in [3.63, 3.8) is 0 Å². The maximum atomic E-state index is 12.8. The minimum Gasteiger partial charge on any atom is -0.744 e. The van der Waals surface area contributed by atoms with E-state index in [1.165, 1.54) is 121 Å². The van der Waals surface area contributed by atoms with Crippen molar-refractivity contribution in [2.75, 3.05) is 0 Å². The number of H-pyrrole nitrogens is 2. The van der Waals surface area contributed by atoms with Gasteiger partial charge in [0, 0.05) is 66.6 Å². The largest absolute Gasteiger partial charge is 1.00 e. The summed E-state index contributed by atoms with van der Waals surface area (Å²) >= 11 is 0. The van der Waals surface area contributed by atoms with E-state index in [9.17, 15) is 51.9 Å². The second-order valence-electron chi connectivity index (χ2n) is 14.3. The molecule has 68 heavy (non-hydrogen) atoms. The van der Waals surface area contributed by atoms with Gasteiger partial charge < -0.3 is 28.2 Å². The van der Waals surface area contributed by atoms with Crippen molar-refractivity contribution in [2.24, 2.45) is 0 Å². The van der Waals surface area contributed by atoms with E-state index in [1.54, 1.807) is 0 Å². The number of nitrogens with zero attached hydrogens (tertiary/aromatic N) is 2. The summed E-state index contributed by atoms with van der Waals surface area (Å²) < 4.78 is 153. The van der Waals surface area contributed by atoms with Crippen molar-refractivity contribution in [2.45, 2.75) is 19.6 Å². The Hall–Kier alpha value is -2.88. The monoisotopic (exact) mass is 1020 g/mol. The van der Waals surface area contributed by atoms with Gasteiger partial charge >= 0.3 is 118 Å². The third-order valence-electron chi connectivity index (χ3n) is 10.5. The summed E-state index contributed by atoms with van der Waals surface area (Å²) in [7, 11) is -20.6. The molecular weight excluding hydrogens is 997 g/mol. The second-order valence-corrected chi connectivity index (χ2v) is 19.7. The second kappa shape index (κ2) is 21.5. The Morgan fingerprint density at radius 3 is 0.809 bits per heavy atom. The minimum atomic E-state index is -5.16. The summed E-state index contributed by atoms with van der Waals surface area (Å²) in [5.74, 6) is 0. The number of fused-ring (bicyclic) bond motifs is 8. The van der Waals surface area contributed by atoms with Crippen molar-refractivity contribution in [3.8, 4) is 44.5 Å². The van der Waals surface area contributed by atoms with Crippen LogP contribution in [0.15, 0.2) is 141 Å². The van der Waals surface area contributed by atoms with Gasteiger partial charge in [-0.15, -0.1) is 0 Å². The number of aromatic nitrogens is 4. The number of hydrogen-bond donors (Lipinski definition) is 2. The number of nitrogens with one attached hydrogen (secondary N) is 2. The minimum absolute atomic E-state index is 0. The molecule has 9 rings (SSSR count). The zero-order valence-electron chi connectivity index (χ0n) is 36.3. The zero-order chi connectivity index (χ0) is 45.3. The van der Waals surface area contributed by atoms with Crippen molar-refractivity contribution in [1.29, 1.82) is 0 Å². The summed E-state index contributed by atoms with van der Waals surface area (Å²) in [6.45, 7) is 0. The van der Waals surface area contributed by atoms with Crippen LogP contribution in [-0.4, -0.2) is 71.8 Å². The quantitative estimate of drug-likeness (QED) is 0.107. The first kappa shape index (κ1) is 56.0. The van der Waals surface area contributed by atoms with E-state index >= 15 is 0 Å². The zero-order valence-corrected chi connectivity index (χ0v) is 47.5. The Morgan fingerprint density at radius 2 is 0.529 bits per heavy atom. The van der Waals surface area contributed by atoms with Crippen LogP contribution in [0.4, 0.5) is 0 Å². The molecule has 4 aromatic carbocycles. The molecular formula is C44H26N4Na4O12S4. The normalized spacial score (nSPS) is 12.3. The van der Waals surface area contributed by atoms with Crippen LogP contribution in [0, 0.1) is 0 Å². The first-order valence-electron chi connectivity index (χ1n) is 18.7. The smallest absolute Gasteiger partial charge is 0.744 e. The van der Waals surface area contributed by atoms with Gasteiger partial charge in [-0.1, -0.05) is 72.8 Å². The fourth-order valence-electron chi connectivity index (χ4n) is 7.90. The molecule has 0 aliphatic carbocycles. The maximum absolute atomic E-state index is 12.8. The molecule has 2 aliphatic heterocycles. The molecule has 0 unspecified atom stereocenters.